The lowest BCUT2D eigenvalue weighted by Gasteiger charge is -2.36. The molecule has 0 N–H and O–H groups in total. The second kappa shape index (κ2) is 9.58. The van der Waals surface area contributed by atoms with Gasteiger partial charge in [0.2, 0.25) is 5.91 Å². The molecule has 2 aliphatic heterocycles. The molecule has 0 saturated carbocycles. The Labute approximate surface area is 196 Å². The van der Waals surface area contributed by atoms with E-state index in [1.807, 2.05) is 40.6 Å². The number of hydrogen-bond donors (Lipinski definition) is 0. The number of amidine groups is 1. The van der Waals surface area contributed by atoms with Crippen molar-refractivity contribution in [2.24, 2.45) is 4.99 Å². The van der Waals surface area contributed by atoms with Gasteiger partial charge < -0.3 is 23.7 Å². The van der Waals surface area contributed by atoms with Gasteiger partial charge in [-0.05, 0) is 42.2 Å². The molecule has 0 saturated heterocycles. The molecule has 0 aliphatic carbocycles. The molecule has 2 aromatic rings. The molecule has 0 unspecified atom stereocenters. The Balaban J connectivity index is 1.66. The zero-order valence-corrected chi connectivity index (χ0v) is 19.7. The fourth-order valence-electron chi connectivity index (χ4n) is 3.88. The van der Waals surface area contributed by atoms with Crippen LogP contribution in [0.1, 0.15) is 30.7 Å². The van der Waals surface area contributed by atoms with Gasteiger partial charge >= 0.3 is 5.97 Å². The minimum absolute atomic E-state index is 0.0743. The number of hydrogen-bond acceptors (Lipinski definition) is 8. The number of fused-ring (bicyclic) bond motifs is 1. The van der Waals surface area contributed by atoms with Crippen LogP contribution < -0.4 is 4.74 Å². The number of allylic oxidation sites excluding steroid dienone is 1. The van der Waals surface area contributed by atoms with E-state index < -0.39 is 12.0 Å². The largest absolute Gasteiger partial charge is 0.497 e. The van der Waals surface area contributed by atoms with Crippen molar-refractivity contribution in [1.82, 2.24) is 9.80 Å². The smallest absolute Gasteiger partial charge is 0.338 e. The molecule has 1 atom stereocenters. The number of aliphatic imine (C=N–C) groups is 1. The third-order valence-corrected chi connectivity index (χ3v) is 6.44. The normalized spacial score (nSPS) is 17.3. The lowest BCUT2D eigenvalue weighted by Crippen LogP contribution is -2.38. The number of esters is 1. The van der Waals surface area contributed by atoms with E-state index in [2.05, 4.69) is 4.99 Å². The van der Waals surface area contributed by atoms with Crippen molar-refractivity contribution in [1.29, 1.82) is 0 Å². The van der Waals surface area contributed by atoms with Gasteiger partial charge in [0.1, 0.15) is 11.5 Å². The first-order valence-corrected chi connectivity index (χ1v) is 11.2. The predicted octanol–water partition coefficient (Wildman–Crippen LogP) is 4.08. The molecule has 2 aliphatic rings. The van der Waals surface area contributed by atoms with Gasteiger partial charge in [-0.1, -0.05) is 23.9 Å². The topological polar surface area (TPSA) is 84.6 Å². The Hall–Kier alpha value is -3.46. The van der Waals surface area contributed by atoms with Crippen molar-refractivity contribution >= 4 is 28.8 Å². The lowest BCUT2D eigenvalue weighted by atomic mass is 9.93. The van der Waals surface area contributed by atoms with Gasteiger partial charge in [-0.2, -0.15) is 0 Å². The molecule has 1 aromatic carbocycles. The number of benzene rings is 1. The average Bonchev–Trinajstić information content (AvgIpc) is 3.47. The van der Waals surface area contributed by atoms with E-state index in [-0.39, 0.29) is 12.3 Å². The number of methoxy groups -OCH3 is 2. The molecule has 3 heterocycles. The summed E-state index contributed by atoms with van der Waals surface area (Å²) in [5.74, 6) is 0.849. The molecule has 0 radical (unpaired) electrons. The minimum Gasteiger partial charge on any atom is -0.497 e. The van der Waals surface area contributed by atoms with Gasteiger partial charge in [-0.25, -0.2) is 9.79 Å². The first kappa shape index (κ1) is 22.7. The van der Waals surface area contributed by atoms with Gasteiger partial charge in [0.05, 0.1) is 50.8 Å². The van der Waals surface area contributed by atoms with Crippen molar-refractivity contribution in [2.45, 2.75) is 25.9 Å². The van der Waals surface area contributed by atoms with Gasteiger partial charge in [0.25, 0.3) is 0 Å². The van der Waals surface area contributed by atoms with Crippen LogP contribution >= 0.6 is 11.8 Å². The Morgan fingerprint density at radius 3 is 2.76 bits per heavy atom. The highest BCUT2D eigenvalue weighted by Crippen LogP contribution is 2.45. The first-order valence-electron chi connectivity index (χ1n) is 10.4. The molecule has 172 valence electrons. The van der Waals surface area contributed by atoms with E-state index in [0.29, 0.717) is 34.5 Å². The molecule has 1 aromatic heterocycles. The number of furan rings is 1. The van der Waals surface area contributed by atoms with Gasteiger partial charge in [0.15, 0.2) is 5.17 Å². The minimum atomic E-state index is -0.496. The number of ether oxygens (including phenoxy) is 2. The van der Waals surface area contributed by atoms with Gasteiger partial charge in [0, 0.05) is 12.7 Å². The number of carbonyl (C=O) groups excluding carboxylic acids is 2. The third-order valence-electron chi connectivity index (χ3n) is 5.55. The summed E-state index contributed by atoms with van der Waals surface area (Å²) >= 11 is 1.43. The van der Waals surface area contributed by atoms with E-state index in [0.717, 1.165) is 11.3 Å². The molecule has 0 fully saturated rings. The second-order valence-corrected chi connectivity index (χ2v) is 8.50. The predicted molar refractivity (Wildman–Crippen MR) is 125 cm³/mol. The highest BCUT2D eigenvalue weighted by atomic mass is 32.2. The summed E-state index contributed by atoms with van der Waals surface area (Å²) < 4.78 is 15.9. The van der Waals surface area contributed by atoms with Gasteiger partial charge in [-0.3, -0.25) is 4.79 Å². The maximum atomic E-state index is 13.0. The number of rotatable bonds is 7. The highest BCUT2D eigenvalue weighted by Gasteiger charge is 2.41. The second-order valence-electron chi connectivity index (χ2n) is 7.67. The quantitative estimate of drug-likeness (QED) is 0.567. The van der Waals surface area contributed by atoms with Crippen LogP contribution in [-0.4, -0.2) is 48.1 Å². The van der Waals surface area contributed by atoms with E-state index >= 15 is 0 Å². The van der Waals surface area contributed by atoms with Crippen molar-refractivity contribution in [2.75, 3.05) is 21.3 Å². The Bertz CT molecular complexity index is 1150. The summed E-state index contributed by atoms with van der Waals surface area (Å²) in [6.45, 7) is 2.17. The van der Waals surface area contributed by atoms with Gasteiger partial charge in [-0.15, -0.1) is 0 Å². The summed E-state index contributed by atoms with van der Waals surface area (Å²) in [4.78, 5) is 34.0. The molecule has 4 rings (SSSR count). The summed E-state index contributed by atoms with van der Waals surface area (Å²) in [5.41, 5.74) is 2.62. The summed E-state index contributed by atoms with van der Waals surface area (Å²) in [5, 5.41) is 2.63. The molecule has 0 bridgehead atoms. The maximum absolute atomic E-state index is 13.0. The monoisotopic (exact) mass is 467 g/mol. The first-order chi connectivity index (χ1) is 15.9. The molecular formula is C24H25N3O5S. The zero-order chi connectivity index (χ0) is 23.5. The van der Waals surface area contributed by atoms with E-state index in [4.69, 9.17) is 13.9 Å². The molecule has 33 heavy (non-hydrogen) atoms. The SMILES string of the molecule is COC(=O)C1=C(C)N=C2SC=C(CC(=O)N(C)Cc3ccco3)N2[C@@H]1c1cccc(OC)c1. The molecule has 9 heteroatoms. The number of amides is 1. The zero-order valence-electron chi connectivity index (χ0n) is 18.9. The summed E-state index contributed by atoms with van der Waals surface area (Å²) in [6.07, 6.45) is 1.74. The van der Waals surface area contributed by atoms with Crippen molar-refractivity contribution in [3.8, 4) is 5.75 Å². The van der Waals surface area contributed by atoms with Crippen LogP contribution in [0.4, 0.5) is 0 Å². The fraction of sp³-hybridized carbons (Fsp3) is 0.292. The standard InChI is InChI=1S/C24H25N3O5S/c1-15-21(23(29)31-4)22(16-7-5-8-18(11-16)30-3)27-17(14-33-24(27)25-15)12-20(28)26(2)13-19-9-6-10-32-19/h5-11,14,22H,12-13H2,1-4H3/t22-/m1/s1. The lowest BCUT2D eigenvalue weighted by molar-refractivity contribution is -0.136. The number of nitrogens with zero attached hydrogens (tertiary/aromatic N) is 3. The third kappa shape index (κ3) is 4.54. The van der Waals surface area contributed by atoms with Crippen LogP contribution in [0.15, 0.2) is 74.4 Å². The van der Waals surface area contributed by atoms with Crippen molar-refractivity contribution < 1.29 is 23.5 Å². The van der Waals surface area contributed by atoms with E-state index in [1.54, 1.807) is 38.3 Å². The van der Waals surface area contributed by atoms with Crippen molar-refractivity contribution in [3.05, 3.63) is 76.4 Å². The Kier molecular flexibility index (Phi) is 6.60. The number of carbonyl (C=O) groups is 2. The molecule has 1 amide bonds. The van der Waals surface area contributed by atoms with Crippen molar-refractivity contribution in [3.63, 3.8) is 0 Å². The molecule has 0 spiro atoms. The van der Waals surface area contributed by atoms with E-state index in [9.17, 15) is 9.59 Å². The van der Waals surface area contributed by atoms with Crippen LogP contribution in [0.5, 0.6) is 5.75 Å². The molecular weight excluding hydrogens is 442 g/mol. The van der Waals surface area contributed by atoms with Crippen LogP contribution in [0, 0.1) is 0 Å². The molecule has 8 nitrogen and oxygen atoms in total. The fourth-order valence-corrected chi connectivity index (χ4v) is 4.85. The van der Waals surface area contributed by atoms with Crippen LogP contribution in [-0.2, 0) is 20.9 Å². The maximum Gasteiger partial charge on any atom is 0.338 e. The van der Waals surface area contributed by atoms with Crippen LogP contribution in [0.25, 0.3) is 0 Å². The van der Waals surface area contributed by atoms with Crippen LogP contribution in [0.2, 0.25) is 0 Å². The van der Waals surface area contributed by atoms with E-state index in [1.165, 1.54) is 18.9 Å². The van der Waals surface area contributed by atoms with Crippen LogP contribution in [0.3, 0.4) is 0 Å². The summed E-state index contributed by atoms with van der Waals surface area (Å²) in [7, 11) is 4.69. The Morgan fingerprint density at radius 1 is 1.24 bits per heavy atom. The summed E-state index contributed by atoms with van der Waals surface area (Å²) in [6, 6.07) is 10.7. The number of thioether (sulfide) groups is 1. The highest BCUT2D eigenvalue weighted by molar-refractivity contribution is 8.16. The Morgan fingerprint density at radius 2 is 2.06 bits per heavy atom. The average molecular weight is 468 g/mol.